The third-order valence-corrected chi connectivity index (χ3v) is 9.96. The van der Waals surface area contributed by atoms with E-state index < -0.39 is 0 Å². The number of rotatable bonds is 6. The van der Waals surface area contributed by atoms with Gasteiger partial charge in [0, 0.05) is 36.4 Å². The van der Waals surface area contributed by atoms with Gasteiger partial charge in [0.05, 0.1) is 84.5 Å². The zero-order chi connectivity index (χ0) is 37.0. The molecule has 0 saturated heterocycles. The zero-order valence-electron chi connectivity index (χ0n) is 29.6. The molecule has 0 fully saturated rings. The van der Waals surface area contributed by atoms with E-state index in [1.165, 1.54) is 0 Å². The Morgan fingerprint density at radius 2 is 0.714 bits per heavy atom. The maximum Gasteiger partial charge on any atom is 0.116 e. The molecule has 10 aromatic heterocycles. The predicted molar refractivity (Wildman–Crippen MR) is 219 cm³/mol. The number of nitrogens with zero attached hydrogens (tertiary/aromatic N) is 10. The normalized spacial score (nSPS) is 11.6. The first-order chi connectivity index (χ1) is 27.8. The summed E-state index contributed by atoms with van der Waals surface area (Å²) in [7, 11) is 0. The molecule has 10 nitrogen and oxygen atoms in total. The number of aromatic nitrogens is 10. The molecule has 0 atom stereocenters. The van der Waals surface area contributed by atoms with Crippen molar-refractivity contribution >= 4 is 44.0 Å². The molecule has 1 aromatic carbocycles. The van der Waals surface area contributed by atoms with Crippen LogP contribution >= 0.6 is 0 Å². The number of fused-ring (bicyclic) bond motifs is 6. The van der Waals surface area contributed by atoms with Crippen LogP contribution in [0.1, 0.15) is 0 Å². The monoisotopic (exact) mass is 720 g/mol. The Kier molecular flexibility index (Phi) is 7.24. The molecule has 0 unspecified atom stereocenters. The predicted octanol–water partition coefficient (Wildman–Crippen LogP) is 9.71. The topological polar surface area (TPSA) is 113 Å². The SMILES string of the molecule is c1ccc(-c2cc(-n3c4ccccc4c4nc5c6ncccc6n(-c6cc(-c7ccccn7)nc(-c7ccccn7)c6)c5cc43)cc(-c3ccccn3)n2)nc1. The molecule has 0 aliphatic rings. The van der Waals surface area contributed by atoms with Crippen molar-refractivity contribution in [3.63, 3.8) is 0 Å². The molecule has 0 spiro atoms. The molecule has 262 valence electrons. The fourth-order valence-corrected chi connectivity index (χ4v) is 7.52. The van der Waals surface area contributed by atoms with Crippen molar-refractivity contribution in [1.82, 2.24) is 49.0 Å². The molecular weight excluding hydrogens is 693 g/mol. The van der Waals surface area contributed by atoms with Crippen LogP contribution in [0, 0.1) is 0 Å². The summed E-state index contributed by atoms with van der Waals surface area (Å²) >= 11 is 0. The maximum atomic E-state index is 5.46. The van der Waals surface area contributed by atoms with E-state index in [-0.39, 0.29) is 0 Å². The van der Waals surface area contributed by atoms with E-state index >= 15 is 0 Å². The van der Waals surface area contributed by atoms with Crippen LogP contribution in [0.5, 0.6) is 0 Å². The minimum atomic E-state index is 0.728. The van der Waals surface area contributed by atoms with Crippen molar-refractivity contribution in [2.45, 2.75) is 0 Å². The van der Waals surface area contributed by atoms with E-state index in [4.69, 9.17) is 19.9 Å². The van der Waals surface area contributed by atoms with E-state index in [1.807, 2.05) is 85.1 Å². The van der Waals surface area contributed by atoms with Crippen LogP contribution < -0.4 is 0 Å². The lowest BCUT2D eigenvalue weighted by Gasteiger charge is -2.13. The van der Waals surface area contributed by atoms with Gasteiger partial charge in [-0.15, -0.1) is 0 Å². The van der Waals surface area contributed by atoms with Gasteiger partial charge >= 0.3 is 0 Å². The van der Waals surface area contributed by atoms with E-state index in [0.29, 0.717) is 0 Å². The molecule has 56 heavy (non-hydrogen) atoms. The van der Waals surface area contributed by atoms with Crippen LogP contribution in [-0.4, -0.2) is 49.0 Å². The fourth-order valence-electron chi connectivity index (χ4n) is 7.52. The standard InChI is InChI=1S/C46H28N10/c1-2-17-40-31(12-1)44-42(55(40)29-24-36(32-13-3-7-19-47-32)52-37(25-29)33-14-4-8-20-48-33)28-43-46(54-44)45-41(18-11-23-51-45)56(43)30-26-38(34-15-5-9-21-49-34)53-39(27-30)35-16-6-10-22-50-35/h1-28H. The van der Waals surface area contributed by atoms with Crippen LogP contribution in [0.15, 0.2) is 171 Å². The highest BCUT2D eigenvalue weighted by atomic mass is 15.1. The Bertz CT molecular complexity index is 2900. The van der Waals surface area contributed by atoms with Crippen LogP contribution in [0.4, 0.5) is 0 Å². The van der Waals surface area contributed by atoms with E-state index in [9.17, 15) is 0 Å². The molecule has 11 rings (SSSR count). The fraction of sp³-hybridized carbons (Fsp3) is 0. The van der Waals surface area contributed by atoms with Gasteiger partial charge in [0.2, 0.25) is 0 Å². The summed E-state index contributed by atoms with van der Waals surface area (Å²) in [4.78, 5) is 39.2. The van der Waals surface area contributed by atoms with Gasteiger partial charge in [-0.2, -0.15) is 0 Å². The minimum Gasteiger partial charge on any atom is -0.307 e. The average Bonchev–Trinajstić information content (AvgIpc) is 3.78. The lowest BCUT2D eigenvalue weighted by Crippen LogP contribution is -2.01. The van der Waals surface area contributed by atoms with Crippen molar-refractivity contribution in [2.24, 2.45) is 0 Å². The van der Waals surface area contributed by atoms with Crippen molar-refractivity contribution in [2.75, 3.05) is 0 Å². The molecule has 11 aromatic rings. The molecule has 0 aliphatic heterocycles. The van der Waals surface area contributed by atoms with E-state index in [1.54, 1.807) is 24.8 Å². The van der Waals surface area contributed by atoms with Crippen LogP contribution in [0.3, 0.4) is 0 Å². The van der Waals surface area contributed by atoms with Gasteiger partial charge in [0.1, 0.15) is 11.0 Å². The molecule has 0 amide bonds. The molecule has 0 saturated carbocycles. The summed E-state index contributed by atoms with van der Waals surface area (Å²) in [5, 5.41) is 1.02. The quantitative estimate of drug-likeness (QED) is 0.167. The van der Waals surface area contributed by atoms with Gasteiger partial charge in [-0.3, -0.25) is 24.9 Å². The van der Waals surface area contributed by atoms with Crippen molar-refractivity contribution < 1.29 is 0 Å². The van der Waals surface area contributed by atoms with Crippen LogP contribution in [0.25, 0.3) is 101 Å². The van der Waals surface area contributed by atoms with Gasteiger partial charge in [0.15, 0.2) is 0 Å². The zero-order valence-corrected chi connectivity index (χ0v) is 29.6. The molecule has 10 heteroatoms. The smallest absolute Gasteiger partial charge is 0.116 e. The first-order valence-electron chi connectivity index (χ1n) is 18.2. The Labute approximate surface area is 319 Å². The molecule has 0 N–H and O–H groups in total. The number of hydrogen-bond acceptors (Lipinski definition) is 8. The van der Waals surface area contributed by atoms with Gasteiger partial charge < -0.3 is 9.13 Å². The summed E-state index contributed by atoms with van der Waals surface area (Å²) < 4.78 is 4.48. The third-order valence-electron chi connectivity index (χ3n) is 9.96. The van der Waals surface area contributed by atoms with Crippen molar-refractivity contribution in [3.05, 3.63) is 171 Å². The van der Waals surface area contributed by atoms with Crippen molar-refractivity contribution in [1.29, 1.82) is 0 Å². The van der Waals surface area contributed by atoms with Crippen LogP contribution in [0.2, 0.25) is 0 Å². The Morgan fingerprint density at radius 1 is 0.286 bits per heavy atom. The summed E-state index contributed by atoms with van der Waals surface area (Å²) in [5.41, 5.74) is 14.0. The molecule has 0 aliphatic carbocycles. The second-order valence-electron chi connectivity index (χ2n) is 13.3. The largest absolute Gasteiger partial charge is 0.307 e. The van der Waals surface area contributed by atoms with Gasteiger partial charge in [-0.25, -0.2) is 15.0 Å². The summed E-state index contributed by atoms with van der Waals surface area (Å²) in [6.45, 7) is 0. The summed E-state index contributed by atoms with van der Waals surface area (Å²) in [6.07, 6.45) is 8.96. The van der Waals surface area contributed by atoms with Gasteiger partial charge in [-0.1, -0.05) is 42.5 Å². The lowest BCUT2D eigenvalue weighted by atomic mass is 10.1. The average molecular weight is 721 g/mol. The third kappa shape index (κ3) is 5.19. The Hall–Kier alpha value is -7.98. The summed E-state index contributed by atoms with van der Waals surface area (Å²) in [5.74, 6) is 0. The molecular formula is C46H28N10. The lowest BCUT2D eigenvalue weighted by molar-refractivity contribution is 1.13. The maximum absolute atomic E-state index is 5.46. The van der Waals surface area contributed by atoms with Crippen molar-refractivity contribution in [3.8, 4) is 56.9 Å². The highest BCUT2D eigenvalue weighted by Crippen LogP contribution is 2.39. The molecule has 0 bridgehead atoms. The van der Waals surface area contributed by atoms with E-state index in [2.05, 4.69) is 89.7 Å². The number of para-hydroxylation sites is 1. The Morgan fingerprint density at radius 3 is 1.21 bits per heavy atom. The van der Waals surface area contributed by atoms with Gasteiger partial charge in [-0.05, 0) is 97.1 Å². The second-order valence-corrected chi connectivity index (χ2v) is 13.3. The summed E-state index contributed by atoms with van der Waals surface area (Å²) in [6, 6.07) is 46.4. The molecule has 10 heterocycles. The number of hydrogen-bond donors (Lipinski definition) is 0. The van der Waals surface area contributed by atoms with E-state index in [0.717, 1.165) is 101 Å². The molecule has 0 radical (unpaired) electrons. The first-order valence-corrected chi connectivity index (χ1v) is 18.2. The van der Waals surface area contributed by atoms with Crippen LogP contribution in [-0.2, 0) is 0 Å². The highest BCUT2D eigenvalue weighted by molar-refractivity contribution is 6.14. The highest BCUT2D eigenvalue weighted by Gasteiger charge is 2.22. The second kappa shape index (κ2) is 12.9. The Balaban J connectivity index is 1.23. The minimum absolute atomic E-state index is 0.728. The van der Waals surface area contributed by atoms with Gasteiger partial charge in [0.25, 0.3) is 0 Å². The number of benzene rings is 1. The first kappa shape index (κ1) is 31.5. The number of pyridine rings is 8.